The molecule has 1 atom stereocenters. The predicted octanol–water partition coefficient (Wildman–Crippen LogP) is 3.07. The molecule has 0 amide bonds. The molecule has 1 heteroatoms. The van der Waals surface area contributed by atoms with Gasteiger partial charge in [-0.2, -0.15) is 0 Å². The number of allylic oxidation sites excluding steroid dienone is 3. The maximum absolute atomic E-state index is 2.45. The summed E-state index contributed by atoms with van der Waals surface area (Å²) in [6, 6.07) is 1.42. The molecule has 1 heterocycles. The minimum absolute atomic E-state index is 1.01. The summed E-state index contributed by atoms with van der Waals surface area (Å²) in [5.41, 5.74) is 2.45. The van der Waals surface area contributed by atoms with Gasteiger partial charge in [-0.15, -0.1) is 0 Å². The van der Waals surface area contributed by atoms with E-state index in [1.807, 2.05) is 0 Å². The molecular formula is C9H16Si. The standard InChI is InChI=1S/C9H16Si/c1-4-7-10(3)8-5-6-9(10)2/h5-6,8H,4,7H2,1-3H3. The lowest BCUT2D eigenvalue weighted by atomic mass is 10.5. The lowest BCUT2D eigenvalue weighted by molar-refractivity contribution is 1.05. The summed E-state index contributed by atoms with van der Waals surface area (Å²) in [4.78, 5) is 0. The van der Waals surface area contributed by atoms with Crippen molar-refractivity contribution in [3.05, 3.63) is 23.0 Å². The van der Waals surface area contributed by atoms with E-state index < -0.39 is 8.07 Å². The van der Waals surface area contributed by atoms with Crippen LogP contribution in [-0.4, -0.2) is 8.07 Å². The zero-order valence-electron chi connectivity index (χ0n) is 7.15. The first-order valence-corrected chi connectivity index (χ1v) is 6.84. The van der Waals surface area contributed by atoms with Crippen LogP contribution in [0.4, 0.5) is 0 Å². The van der Waals surface area contributed by atoms with Gasteiger partial charge in [0.15, 0.2) is 0 Å². The monoisotopic (exact) mass is 152 g/mol. The number of hydrogen-bond donors (Lipinski definition) is 0. The minimum atomic E-state index is -1.01. The molecule has 0 N–H and O–H groups in total. The van der Waals surface area contributed by atoms with E-state index in [-0.39, 0.29) is 0 Å². The summed E-state index contributed by atoms with van der Waals surface area (Å²) in [6.45, 7) is 7.01. The van der Waals surface area contributed by atoms with Crippen LogP contribution in [0.15, 0.2) is 23.0 Å². The second-order valence-corrected chi connectivity index (χ2v) is 7.83. The molecule has 1 unspecified atom stereocenters. The summed E-state index contributed by atoms with van der Waals surface area (Å²) in [5, 5.41) is 1.65. The van der Waals surface area contributed by atoms with Gasteiger partial charge < -0.3 is 0 Å². The van der Waals surface area contributed by atoms with Gasteiger partial charge in [-0.3, -0.25) is 0 Å². The van der Waals surface area contributed by atoms with Crippen LogP contribution in [0.2, 0.25) is 12.6 Å². The molecule has 0 spiro atoms. The summed E-state index contributed by atoms with van der Waals surface area (Å²) in [6.07, 6.45) is 5.84. The maximum Gasteiger partial charge on any atom is 0.102 e. The van der Waals surface area contributed by atoms with Gasteiger partial charge in [0, 0.05) is 0 Å². The van der Waals surface area contributed by atoms with Crippen LogP contribution in [0.5, 0.6) is 0 Å². The molecule has 0 saturated carbocycles. The Hall–Kier alpha value is -0.303. The fourth-order valence-corrected chi connectivity index (χ4v) is 4.39. The molecule has 0 aliphatic carbocycles. The first kappa shape index (κ1) is 7.80. The molecule has 1 rings (SSSR count). The Balaban J connectivity index is 2.69. The number of hydrogen-bond acceptors (Lipinski definition) is 0. The first-order valence-electron chi connectivity index (χ1n) is 4.05. The van der Waals surface area contributed by atoms with Gasteiger partial charge in [0.25, 0.3) is 0 Å². The molecule has 0 radical (unpaired) electrons. The molecule has 0 aromatic carbocycles. The maximum atomic E-state index is 2.45. The Bertz CT molecular complexity index is 179. The average Bonchev–Trinajstić information content (AvgIpc) is 2.15. The molecule has 0 nitrogen and oxygen atoms in total. The SMILES string of the molecule is CCC[Si]1(C)C=CC=C1C. The highest BCUT2D eigenvalue weighted by molar-refractivity contribution is 6.90. The van der Waals surface area contributed by atoms with Crippen molar-refractivity contribution in [3.63, 3.8) is 0 Å². The Morgan fingerprint density at radius 3 is 2.60 bits per heavy atom. The van der Waals surface area contributed by atoms with Gasteiger partial charge in [0.1, 0.15) is 8.07 Å². The highest BCUT2D eigenvalue weighted by Gasteiger charge is 2.26. The van der Waals surface area contributed by atoms with Crippen molar-refractivity contribution in [3.8, 4) is 0 Å². The molecule has 1 aliphatic rings. The Labute approximate surface area is 64.7 Å². The second kappa shape index (κ2) is 2.75. The molecule has 0 aromatic rings. The van der Waals surface area contributed by atoms with Crippen molar-refractivity contribution in [2.45, 2.75) is 32.9 Å². The average molecular weight is 152 g/mol. The number of rotatable bonds is 2. The Morgan fingerprint density at radius 2 is 2.20 bits per heavy atom. The third kappa shape index (κ3) is 1.24. The molecule has 10 heavy (non-hydrogen) atoms. The fraction of sp³-hybridized carbons (Fsp3) is 0.556. The molecular weight excluding hydrogens is 136 g/mol. The van der Waals surface area contributed by atoms with E-state index in [1.165, 1.54) is 12.5 Å². The summed E-state index contributed by atoms with van der Waals surface area (Å²) < 4.78 is 0. The normalized spacial score (nSPS) is 30.9. The highest BCUT2D eigenvalue weighted by atomic mass is 28.3. The van der Waals surface area contributed by atoms with Crippen molar-refractivity contribution < 1.29 is 0 Å². The summed E-state index contributed by atoms with van der Waals surface area (Å²) >= 11 is 0. The van der Waals surface area contributed by atoms with Gasteiger partial charge in [-0.1, -0.05) is 49.0 Å². The predicted molar refractivity (Wildman–Crippen MR) is 49.6 cm³/mol. The third-order valence-corrected chi connectivity index (χ3v) is 6.92. The lowest BCUT2D eigenvalue weighted by Gasteiger charge is -2.20. The summed E-state index contributed by atoms with van der Waals surface area (Å²) in [7, 11) is -1.01. The third-order valence-electron chi connectivity index (χ3n) is 2.48. The van der Waals surface area contributed by atoms with Gasteiger partial charge in [-0.05, 0) is 6.92 Å². The van der Waals surface area contributed by atoms with Crippen LogP contribution in [-0.2, 0) is 0 Å². The topological polar surface area (TPSA) is 0 Å². The van der Waals surface area contributed by atoms with E-state index in [0.717, 1.165) is 0 Å². The summed E-state index contributed by atoms with van der Waals surface area (Å²) in [5.74, 6) is 0. The second-order valence-electron chi connectivity index (χ2n) is 3.38. The van der Waals surface area contributed by atoms with Crippen LogP contribution < -0.4 is 0 Å². The van der Waals surface area contributed by atoms with Crippen molar-refractivity contribution in [2.24, 2.45) is 0 Å². The van der Waals surface area contributed by atoms with Crippen LogP contribution in [0.25, 0.3) is 0 Å². The van der Waals surface area contributed by atoms with E-state index in [1.54, 1.807) is 5.20 Å². The first-order chi connectivity index (χ1) is 4.69. The quantitative estimate of drug-likeness (QED) is 0.533. The van der Waals surface area contributed by atoms with Crippen molar-refractivity contribution in [1.82, 2.24) is 0 Å². The van der Waals surface area contributed by atoms with Crippen molar-refractivity contribution >= 4 is 8.07 Å². The van der Waals surface area contributed by atoms with Gasteiger partial charge in [0.2, 0.25) is 0 Å². The largest absolute Gasteiger partial charge is 0.102 e. The van der Waals surface area contributed by atoms with Crippen molar-refractivity contribution in [2.75, 3.05) is 0 Å². The van der Waals surface area contributed by atoms with Crippen LogP contribution >= 0.6 is 0 Å². The Kier molecular flexibility index (Phi) is 2.14. The van der Waals surface area contributed by atoms with E-state index in [2.05, 4.69) is 38.2 Å². The zero-order valence-corrected chi connectivity index (χ0v) is 8.15. The van der Waals surface area contributed by atoms with E-state index in [9.17, 15) is 0 Å². The van der Waals surface area contributed by atoms with Crippen LogP contribution in [0, 0.1) is 0 Å². The van der Waals surface area contributed by atoms with Crippen LogP contribution in [0.3, 0.4) is 0 Å². The Morgan fingerprint density at radius 1 is 1.50 bits per heavy atom. The van der Waals surface area contributed by atoms with E-state index in [4.69, 9.17) is 0 Å². The molecule has 0 fully saturated rings. The van der Waals surface area contributed by atoms with Crippen LogP contribution in [0.1, 0.15) is 20.3 Å². The van der Waals surface area contributed by atoms with Gasteiger partial charge in [0.05, 0.1) is 0 Å². The smallest absolute Gasteiger partial charge is 0.0904 e. The van der Waals surface area contributed by atoms with Crippen molar-refractivity contribution in [1.29, 1.82) is 0 Å². The molecule has 56 valence electrons. The fourth-order valence-electron chi connectivity index (χ4n) is 1.53. The van der Waals surface area contributed by atoms with E-state index in [0.29, 0.717) is 0 Å². The van der Waals surface area contributed by atoms with E-state index >= 15 is 0 Å². The molecule has 0 saturated heterocycles. The minimum Gasteiger partial charge on any atom is -0.0904 e. The molecule has 1 aliphatic heterocycles. The zero-order chi connectivity index (χ0) is 7.61. The lowest BCUT2D eigenvalue weighted by Crippen LogP contribution is -2.27. The molecule has 0 bridgehead atoms. The van der Waals surface area contributed by atoms with Gasteiger partial charge >= 0.3 is 0 Å². The highest BCUT2D eigenvalue weighted by Crippen LogP contribution is 2.26. The molecule has 0 aromatic heterocycles. The van der Waals surface area contributed by atoms with Gasteiger partial charge in [-0.25, -0.2) is 0 Å².